The maximum absolute atomic E-state index is 5.80. The Morgan fingerprint density at radius 2 is 2.13 bits per heavy atom. The second-order valence-electron chi connectivity index (χ2n) is 5.33. The van der Waals surface area contributed by atoms with Crippen molar-refractivity contribution in [2.75, 3.05) is 19.7 Å². The van der Waals surface area contributed by atoms with Crippen molar-refractivity contribution in [2.45, 2.75) is 12.6 Å². The molecule has 1 unspecified atom stereocenters. The Balaban J connectivity index is 1.43. The Hall–Kier alpha value is -2.09. The molecule has 0 spiro atoms. The fraction of sp³-hybridized carbons (Fsp3) is 0.312. The Morgan fingerprint density at radius 1 is 1.22 bits per heavy atom. The maximum Gasteiger partial charge on any atom is 0.247 e. The van der Waals surface area contributed by atoms with Crippen molar-refractivity contribution >= 4 is 11.3 Å². The first kappa shape index (κ1) is 14.5. The molecule has 7 heteroatoms. The lowest BCUT2D eigenvalue weighted by Gasteiger charge is -2.30. The van der Waals surface area contributed by atoms with E-state index in [-0.39, 0.29) is 6.10 Å². The summed E-state index contributed by atoms with van der Waals surface area (Å²) in [6, 6.07) is 9.81. The highest BCUT2D eigenvalue weighted by molar-refractivity contribution is 7.09. The van der Waals surface area contributed by atoms with Gasteiger partial charge in [-0.3, -0.25) is 4.90 Å². The molecule has 1 aliphatic heterocycles. The number of morpholine rings is 1. The lowest BCUT2D eigenvalue weighted by molar-refractivity contribution is -0.0352. The van der Waals surface area contributed by atoms with E-state index in [4.69, 9.17) is 9.15 Å². The first-order valence-corrected chi connectivity index (χ1v) is 8.37. The Labute approximate surface area is 137 Å². The number of thiazole rings is 1. The van der Waals surface area contributed by atoms with Crippen LogP contribution in [0.2, 0.25) is 0 Å². The molecule has 1 aromatic carbocycles. The summed E-state index contributed by atoms with van der Waals surface area (Å²) in [5.41, 5.74) is 0.939. The van der Waals surface area contributed by atoms with Crippen molar-refractivity contribution in [1.29, 1.82) is 0 Å². The highest BCUT2D eigenvalue weighted by Gasteiger charge is 2.25. The zero-order valence-electron chi connectivity index (χ0n) is 12.5. The van der Waals surface area contributed by atoms with Crippen LogP contribution in [0, 0.1) is 0 Å². The first-order valence-electron chi connectivity index (χ1n) is 7.49. The van der Waals surface area contributed by atoms with Crippen LogP contribution in [0.25, 0.3) is 11.5 Å². The summed E-state index contributed by atoms with van der Waals surface area (Å²) in [4.78, 5) is 6.60. The van der Waals surface area contributed by atoms with E-state index in [9.17, 15) is 0 Å². The van der Waals surface area contributed by atoms with E-state index in [1.165, 1.54) is 0 Å². The van der Waals surface area contributed by atoms with Crippen LogP contribution >= 0.6 is 11.3 Å². The van der Waals surface area contributed by atoms with Crippen LogP contribution in [0.1, 0.15) is 17.0 Å². The summed E-state index contributed by atoms with van der Waals surface area (Å²) >= 11 is 1.62. The summed E-state index contributed by atoms with van der Waals surface area (Å²) in [7, 11) is 0. The van der Waals surface area contributed by atoms with Crippen LogP contribution in [0.3, 0.4) is 0 Å². The first-order chi connectivity index (χ1) is 11.4. The predicted molar refractivity (Wildman–Crippen MR) is 85.8 cm³/mol. The van der Waals surface area contributed by atoms with Crippen LogP contribution in [0.15, 0.2) is 46.3 Å². The van der Waals surface area contributed by atoms with Crippen molar-refractivity contribution in [3.8, 4) is 11.5 Å². The molecule has 1 fully saturated rings. The van der Waals surface area contributed by atoms with E-state index in [2.05, 4.69) is 20.1 Å². The van der Waals surface area contributed by atoms with Gasteiger partial charge in [0.2, 0.25) is 11.8 Å². The van der Waals surface area contributed by atoms with Crippen molar-refractivity contribution in [3.63, 3.8) is 0 Å². The van der Waals surface area contributed by atoms with Gasteiger partial charge in [-0.1, -0.05) is 18.2 Å². The molecule has 6 nitrogen and oxygen atoms in total. The summed E-state index contributed by atoms with van der Waals surface area (Å²) in [5.74, 6) is 1.19. The fourth-order valence-electron chi connectivity index (χ4n) is 2.60. The van der Waals surface area contributed by atoms with Crippen molar-refractivity contribution < 1.29 is 9.15 Å². The Morgan fingerprint density at radius 3 is 2.96 bits per heavy atom. The molecule has 0 saturated carbocycles. The van der Waals surface area contributed by atoms with E-state index in [1.807, 2.05) is 41.9 Å². The minimum Gasteiger partial charge on any atom is -0.419 e. The van der Waals surface area contributed by atoms with Gasteiger partial charge < -0.3 is 9.15 Å². The minimum atomic E-state index is 0.0280. The number of hydrogen-bond donors (Lipinski definition) is 0. The molecule has 0 aliphatic carbocycles. The van der Waals surface area contributed by atoms with Crippen molar-refractivity contribution in [1.82, 2.24) is 20.1 Å². The molecule has 0 radical (unpaired) electrons. The van der Waals surface area contributed by atoms with Gasteiger partial charge in [0.15, 0.2) is 0 Å². The molecular formula is C16H16N4O2S. The van der Waals surface area contributed by atoms with Gasteiger partial charge in [-0.15, -0.1) is 21.5 Å². The standard InChI is InChI=1S/C16H16N4O2S/c1-2-4-12(5-3-1)15-19-18-14(22-15)11-20-7-8-21-13(10-20)16-17-6-9-23-16/h1-6,9,13H,7-8,10-11H2. The van der Waals surface area contributed by atoms with Crippen molar-refractivity contribution in [3.05, 3.63) is 52.8 Å². The van der Waals surface area contributed by atoms with Crippen LogP contribution in [-0.2, 0) is 11.3 Å². The third-order valence-corrected chi connectivity index (χ3v) is 4.59. The van der Waals surface area contributed by atoms with Gasteiger partial charge in [0, 0.05) is 30.2 Å². The SMILES string of the molecule is c1ccc(-c2nnc(CN3CCOC(c4nccs4)C3)o2)cc1. The summed E-state index contributed by atoms with van der Waals surface area (Å²) in [6.07, 6.45) is 1.84. The Bertz CT molecular complexity index is 745. The number of aromatic nitrogens is 3. The molecule has 0 amide bonds. The molecule has 0 bridgehead atoms. The monoisotopic (exact) mass is 328 g/mol. The largest absolute Gasteiger partial charge is 0.419 e. The topological polar surface area (TPSA) is 64.3 Å². The maximum atomic E-state index is 5.80. The van der Waals surface area contributed by atoms with Crippen LogP contribution in [-0.4, -0.2) is 39.8 Å². The van der Waals surface area contributed by atoms with E-state index in [1.54, 1.807) is 11.3 Å². The van der Waals surface area contributed by atoms with E-state index >= 15 is 0 Å². The van der Waals surface area contributed by atoms with Crippen LogP contribution in [0.5, 0.6) is 0 Å². The second-order valence-corrected chi connectivity index (χ2v) is 6.26. The van der Waals surface area contributed by atoms with Gasteiger partial charge in [-0.2, -0.15) is 0 Å². The lowest BCUT2D eigenvalue weighted by Crippen LogP contribution is -2.37. The molecule has 1 saturated heterocycles. The molecule has 23 heavy (non-hydrogen) atoms. The minimum absolute atomic E-state index is 0.0280. The number of nitrogens with zero attached hydrogens (tertiary/aromatic N) is 4. The van der Waals surface area contributed by atoms with E-state index < -0.39 is 0 Å². The van der Waals surface area contributed by atoms with Gasteiger partial charge in [0.05, 0.1) is 13.2 Å². The average molecular weight is 328 g/mol. The molecule has 3 heterocycles. The van der Waals surface area contributed by atoms with Crippen molar-refractivity contribution in [2.24, 2.45) is 0 Å². The quantitative estimate of drug-likeness (QED) is 0.734. The fourth-order valence-corrected chi connectivity index (χ4v) is 3.27. The third kappa shape index (κ3) is 3.31. The second kappa shape index (κ2) is 6.57. The molecule has 4 rings (SSSR count). The smallest absolute Gasteiger partial charge is 0.247 e. The zero-order valence-corrected chi connectivity index (χ0v) is 13.3. The summed E-state index contributed by atoms with van der Waals surface area (Å²) in [6.45, 7) is 2.95. The highest BCUT2D eigenvalue weighted by Crippen LogP contribution is 2.25. The number of benzene rings is 1. The van der Waals surface area contributed by atoms with E-state index in [0.717, 1.165) is 23.7 Å². The third-order valence-electron chi connectivity index (χ3n) is 3.72. The molecule has 1 atom stereocenters. The predicted octanol–water partition coefficient (Wildman–Crippen LogP) is 2.77. The van der Waals surface area contributed by atoms with Gasteiger partial charge in [-0.05, 0) is 12.1 Å². The molecule has 1 aliphatic rings. The molecule has 0 N–H and O–H groups in total. The Kier molecular flexibility index (Phi) is 4.14. The average Bonchev–Trinajstić information content (AvgIpc) is 3.28. The zero-order chi connectivity index (χ0) is 15.5. The highest BCUT2D eigenvalue weighted by atomic mass is 32.1. The molecule has 2 aromatic heterocycles. The van der Waals surface area contributed by atoms with Gasteiger partial charge >= 0.3 is 0 Å². The summed E-state index contributed by atoms with van der Waals surface area (Å²) in [5, 5.41) is 11.3. The van der Waals surface area contributed by atoms with Gasteiger partial charge in [0.1, 0.15) is 11.1 Å². The van der Waals surface area contributed by atoms with Crippen LogP contribution < -0.4 is 0 Å². The lowest BCUT2D eigenvalue weighted by atomic mass is 10.2. The number of ether oxygens (including phenoxy) is 1. The normalized spacial score (nSPS) is 19.0. The molecular weight excluding hydrogens is 312 g/mol. The number of hydrogen-bond acceptors (Lipinski definition) is 7. The summed E-state index contributed by atoms with van der Waals surface area (Å²) < 4.78 is 11.6. The van der Waals surface area contributed by atoms with Gasteiger partial charge in [-0.25, -0.2) is 4.98 Å². The van der Waals surface area contributed by atoms with E-state index in [0.29, 0.717) is 24.9 Å². The molecule has 3 aromatic rings. The van der Waals surface area contributed by atoms with Crippen LogP contribution in [0.4, 0.5) is 0 Å². The molecule has 118 valence electrons. The van der Waals surface area contributed by atoms with Gasteiger partial charge in [0.25, 0.3) is 0 Å². The number of rotatable bonds is 4.